The molecule has 0 aliphatic carbocycles. The highest BCUT2D eigenvalue weighted by Gasteiger charge is 2.32. The molecule has 1 aromatic heterocycles. The molecule has 0 bridgehead atoms. The maximum absolute atomic E-state index is 12.6. The summed E-state index contributed by atoms with van der Waals surface area (Å²) in [4.78, 5) is 4.92. The topological polar surface area (TPSA) is 48.4 Å². The summed E-state index contributed by atoms with van der Waals surface area (Å²) in [6.45, 7) is 0.567. The van der Waals surface area contributed by atoms with Crippen molar-refractivity contribution in [1.82, 2.24) is 4.98 Å². The molecule has 0 saturated heterocycles. The number of halogens is 5. The summed E-state index contributed by atoms with van der Waals surface area (Å²) in [6.07, 6.45) is -3.63. The second-order valence-corrected chi connectivity index (χ2v) is 5.13. The molecular weight excluding hydrogens is 330 g/mol. The SMILES string of the molecule is CCCNc1nc(N(CCO)CC(F)(F)F)c(Cl)cc1Cl. The predicted molar refractivity (Wildman–Crippen MR) is 78.4 cm³/mol. The number of aromatic nitrogens is 1. The van der Waals surface area contributed by atoms with Crippen molar-refractivity contribution >= 4 is 34.8 Å². The van der Waals surface area contributed by atoms with Crippen LogP contribution in [0.2, 0.25) is 10.0 Å². The van der Waals surface area contributed by atoms with Gasteiger partial charge in [-0.1, -0.05) is 30.1 Å². The van der Waals surface area contributed by atoms with Gasteiger partial charge in [-0.3, -0.25) is 0 Å². The van der Waals surface area contributed by atoms with E-state index in [2.05, 4.69) is 10.3 Å². The molecule has 1 aromatic rings. The van der Waals surface area contributed by atoms with Crippen LogP contribution in [0.25, 0.3) is 0 Å². The molecule has 0 unspecified atom stereocenters. The minimum absolute atomic E-state index is 0.000233. The number of nitrogens with zero attached hydrogens (tertiary/aromatic N) is 2. The molecule has 1 heterocycles. The average Bonchev–Trinajstić information content (AvgIpc) is 2.36. The third kappa shape index (κ3) is 5.76. The Kier molecular flexibility index (Phi) is 6.83. The lowest BCUT2D eigenvalue weighted by molar-refractivity contribution is -0.119. The Morgan fingerprint density at radius 2 is 2.00 bits per heavy atom. The van der Waals surface area contributed by atoms with E-state index in [4.69, 9.17) is 28.3 Å². The third-order valence-electron chi connectivity index (χ3n) is 2.49. The first-order valence-corrected chi connectivity index (χ1v) is 7.06. The number of alkyl halides is 3. The summed E-state index contributed by atoms with van der Waals surface area (Å²) < 4.78 is 37.8. The Morgan fingerprint density at radius 3 is 2.52 bits per heavy atom. The zero-order chi connectivity index (χ0) is 16.0. The lowest BCUT2D eigenvalue weighted by Crippen LogP contribution is -2.37. The first kappa shape index (κ1) is 18.1. The molecule has 1 rings (SSSR count). The monoisotopic (exact) mass is 345 g/mol. The van der Waals surface area contributed by atoms with Gasteiger partial charge in [0.15, 0.2) is 0 Å². The maximum Gasteiger partial charge on any atom is 0.405 e. The fourth-order valence-electron chi connectivity index (χ4n) is 1.64. The van der Waals surface area contributed by atoms with Crippen LogP contribution in [-0.2, 0) is 0 Å². The highest BCUT2D eigenvalue weighted by molar-refractivity contribution is 6.37. The predicted octanol–water partition coefficient (Wildman–Crippen LogP) is 3.57. The minimum atomic E-state index is -4.43. The quantitative estimate of drug-likeness (QED) is 0.793. The van der Waals surface area contributed by atoms with Crippen LogP contribution in [0.5, 0.6) is 0 Å². The number of pyridine rings is 1. The lowest BCUT2D eigenvalue weighted by Gasteiger charge is -2.25. The third-order valence-corrected chi connectivity index (χ3v) is 3.06. The van der Waals surface area contributed by atoms with Gasteiger partial charge in [-0.05, 0) is 12.5 Å². The van der Waals surface area contributed by atoms with Crippen LogP contribution in [0.15, 0.2) is 6.07 Å². The Morgan fingerprint density at radius 1 is 1.33 bits per heavy atom. The number of aliphatic hydroxyl groups is 1. The maximum atomic E-state index is 12.6. The Labute approximate surface area is 130 Å². The summed E-state index contributed by atoms with van der Waals surface area (Å²) in [5.41, 5.74) is 0. The molecule has 0 aliphatic rings. The number of hydrogen-bond donors (Lipinski definition) is 2. The second kappa shape index (κ2) is 7.91. The van der Waals surface area contributed by atoms with Crippen molar-refractivity contribution in [3.63, 3.8) is 0 Å². The molecule has 0 atom stereocenters. The molecule has 0 aromatic carbocycles. The summed E-state index contributed by atoms with van der Waals surface area (Å²) >= 11 is 11.9. The van der Waals surface area contributed by atoms with Crippen LogP contribution in [-0.4, -0.2) is 42.5 Å². The van der Waals surface area contributed by atoms with E-state index < -0.39 is 19.3 Å². The second-order valence-electron chi connectivity index (χ2n) is 4.31. The number of anilines is 2. The van der Waals surface area contributed by atoms with E-state index in [0.29, 0.717) is 6.54 Å². The molecule has 0 aliphatic heterocycles. The van der Waals surface area contributed by atoms with E-state index in [1.165, 1.54) is 6.07 Å². The van der Waals surface area contributed by atoms with Crippen LogP contribution in [0.3, 0.4) is 0 Å². The van der Waals surface area contributed by atoms with Crippen molar-refractivity contribution in [3.8, 4) is 0 Å². The van der Waals surface area contributed by atoms with Gasteiger partial charge in [-0.2, -0.15) is 13.2 Å². The molecule has 0 fully saturated rings. The van der Waals surface area contributed by atoms with Crippen LogP contribution in [0.1, 0.15) is 13.3 Å². The zero-order valence-electron chi connectivity index (χ0n) is 11.3. The fourth-order valence-corrected chi connectivity index (χ4v) is 2.19. The van der Waals surface area contributed by atoms with E-state index in [0.717, 1.165) is 11.3 Å². The van der Waals surface area contributed by atoms with Crippen LogP contribution in [0, 0.1) is 0 Å². The summed E-state index contributed by atoms with van der Waals surface area (Å²) in [6, 6.07) is 1.34. The van der Waals surface area contributed by atoms with E-state index in [9.17, 15) is 13.2 Å². The fraction of sp³-hybridized carbons (Fsp3) is 0.583. The summed E-state index contributed by atoms with van der Waals surface area (Å²) in [5.74, 6) is 0.203. The molecule has 0 saturated carbocycles. The van der Waals surface area contributed by atoms with Crippen molar-refractivity contribution in [3.05, 3.63) is 16.1 Å². The van der Waals surface area contributed by atoms with Gasteiger partial charge in [0.1, 0.15) is 18.2 Å². The van der Waals surface area contributed by atoms with E-state index >= 15 is 0 Å². The molecule has 0 amide bonds. The van der Waals surface area contributed by atoms with Crippen molar-refractivity contribution in [1.29, 1.82) is 0 Å². The van der Waals surface area contributed by atoms with E-state index in [1.54, 1.807) is 0 Å². The van der Waals surface area contributed by atoms with Gasteiger partial charge in [0.05, 0.1) is 16.7 Å². The normalized spacial score (nSPS) is 11.6. The molecule has 120 valence electrons. The van der Waals surface area contributed by atoms with Crippen LogP contribution < -0.4 is 10.2 Å². The van der Waals surface area contributed by atoms with Crippen molar-refractivity contribution in [2.45, 2.75) is 19.5 Å². The van der Waals surface area contributed by atoms with E-state index in [1.807, 2.05) is 6.92 Å². The smallest absolute Gasteiger partial charge is 0.395 e. The molecule has 0 spiro atoms. The Bertz CT molecular complexity index is 472. The first-order chi connectivity index (χ1) is 9.78. The Balaban J connectivity index is 3.11. The molecule has 21 heavy (non-hydrogen) atoms. The van der Waals surface area contributed by atoms with Gasteiger partial charge >= 0.3 is 6.18 Å². The van der Waals surface area contributed by atoms with Gasteiger partial charge in [-0.15, -0.1) is 0 Å². The highest BCUT2D eigenvalue weighted by atomic mass is 35.5. The standard InChI is InChI=1S/C12H16Cl2F3N3O/c1-2-3-18-10-8(13)6-9(14)11(19-10)20(4-5-21)7-12(15,16)17/h6,21H,2-5,7H2,1H3,(H,18,19). The summed E-state index contributed by atoms with van der Waals surface area (Å²) in [5, 5.41) is 12.1. The van der Waals surface area contributed by atoms with Gasteiger partial charge < -0.3 is 15.3 Å². The minimum Gasteiger partial charge on any atom is -0.395 e. The molecule has 0 radical (unpaired) electrons. The molecule has 4 nitrogen and oxygen atoms in total. The number of aliphatic hydroxyl groups excluding tert-OH is 1. The van der Waals surface area contributed by atoms with Crippen LogP contribution >= 0.6 is 23.2 Å². The van der Waals surface area contributed by atoms with Crippen molar-refractivity contribution in [2.24, 2.45) is 0 Å². The zero-order valence-corrected chi connectivity index (χ0v) is 12.9. The van der Waals surface area contributed by atoms with Gasteiger partial charge in [0, 0.05) is 13.1 Å². The average molecular weight is 346 g/mol. The first-order valence-electron chi connectivity index (χ1n) is 6.31. The number of rotatable bonds is 7. The van der Waals surface area contributed by atoms with Gasteiger partial charge in [-0.25, -0.2) is 4.98 Å². The largest absolute Gasteiger partial charge is 0.405 e. The number of nitrogens with one attached hydrogen (secondary N) is 1. The number of hydrogen-bond acceptors (Lipinski definition) is 4. The van der Waals surface area contributed by atoms with Crippen molar-refractivity contribution in [2.75, 3.05) is 36.5 Å². The molecular formula is C12H16Cl2F3N3O. The lowest BCUT2D eigenvalue weighted by atomic mass is 10.3. The Hall–Kier alpha value is -0.920. The van der Waals surface area contributed by atoms with Crippen LogP contribution in [0.4, 0.5) is 24.8 Å². The van der Waals surface area contributed by atoms with Gasteiger partial charge in [0.25, 0.3) is 0 Å². The van der Waals surface area contributed by atoms with E-state index in [-0.39, 0.29) is 28.2 Å². The molecule has 9 heteroatoms. The van der Waals surface area contributed by atoms with Crippen molar-refractivity contribution < 1.29 is 18.3 Å². The molecule has 2 N–H and O–H groups in total. The van der Waals surface area contributed by atoms with Gasteiger partial charge in [0.2, 0.25) is 0 Å². The summed E-state index contributed by atoms with van der Waals surface area (Å²) in [7, 11) is 0. The highest BCUT2D eigenvalue weighted by Crippen LogP contribution is 2.32.